The Bertz CT molecular complexity index is 1100. The normalized spacial score (nSPS) is 14.0. The van der Waals surface area contributed by atoms with E-state index in [0.717, 1.165) is 0 Å². The maximum Gasteiger partial charge on any atom is 0.337 e. The number of carbonyl (C=O) groups excluding carboxylic acids is 2. The third-order valence-corrected chi connectivity index (χ3v) is 4.92. The highest BCUT2D eigenvalue weighted by Gasteiger charge is 2.26. The molecule has 0 unspecified atom stereocenters. The average molecular weight is 410 g/mol. The van der Waals surface area contributed by atoms with Crippen LogP contribution in [0, 0.1) is 13.8 Å². The fourth-order valence-corrected chi connectivity index (χ4v) is 3.48. The first-order chi connectivity index (χ1) is 14.5. The van der Waals surface area contributed by atoms with Crippen LogP contribution in [0.15, 0.2) is 28.7 Å². The molecule has 1 aliphatic heterocycles. The van der Waals surface area contributed by atoms with Crippen molar-refractivity contribution in [2.45, 2.75) is 13.8 Å². The largest absolute Gasteiger partial charge is 0.465 e. The number of morpholine rings is 1. The number of nitrogens with zero attached hydrogens (tertiary/aromatic N) is 3. The summed E-state index contributed by atoms with van der Waals surface area (Å²) in [5, 5.41) is 3.44. The molecule has 1 saturated heterocycles. The second kappa shape index (κ2) is 8.11. The Morgan fingerprint density at radius 3 is 2.47 bits per heavy atom. The van der Waals surface area contributed by atoms with Crippen LogP contribution in [0.3, 0.4) is 0 Å². The third kappa shape index (κ3) is 3.71. The van der Waals surface area contributed by atoms with Gasteiger partial charge in [-0.15, -0.1) is 0 Å². The van der Waals surface area contributed by atoms with Crippen LogP contribution in [-0.2, 0) is 9.47 Å². The standard InChI is InChI=1S/C21H22N4O5/c1-12-16(19(26)24-15-6-4-14(5-7-15)21(27)28-3)17-18(25-8-10-29-11-9-25)22-13(2)23-20(17)30-12/h4-7H,8-11H2,1-3H3,(H,24,26). The molecule has 1 fully saturated rings. The average Bonchev–Trinajstić information content (AvgIpc) is 3.09. The summed E-state index contributed by atoms with van der Waals surface area (Å²) in [6.07, 6.45) is 0. The van der Waals surface area contributed by atoms with Gasteiger partial charge in [-0.05, 0) is 38.1 Å². The summed E-state index contributed by atoms with van der Waals surface area (Å²) in [6.45, 7) is 6.06. The molecule has 9 heteroatoms. The van der Waals surface area contributed by atoms with Gasteiger partial charge in [0.05, 0.1) is 36.8 Å². The zero-order valence-corrected chi connectivity index (χ0v) is 17.0. The predicted molar refractivity (Wildman–Crippen MR) is 110 cm³/mol. The van der Waals surface area contributed by atoms with Crippen molar-refractivity contribution >= 4 is 34.5 Å². The van der Waals surface area contributed by atoms with Crippen LogP contribution in [0.4, 0.5) is 11.5 Å². The number of amides is 1. The van der Waals surface area contributed by atoms with Crippen LogP contribution < -0.4 is 10.2 Å². The van der Waals surface area contributed by atoms with Crippen LogP contribution >= 0.6 is 0 Å². The fraction of sp³-hybridized carbons (Fsp3) is 0.333. The molecule has 0 aliphatic carbocycles. The van der Waals surface area contributed by atoms with Gasteiger partial charge in [0.2, 0.25) is 5.71 Å². The minimum Gasteiger partial charge on any atom is -0.465 e. The zero-order chi connectivity index (χ0) is 21.3. The molecule has 1 N–H and O–H groups in total. The van der Waals surface area contributed by atoms with E-state index in [-0.39, 0.29) is 5.91 Å². The molecular weight excluding hydrogens is 388 g/mol. The first-order valence-electron chi connectivity index (χ1n) is 9.58. The van der Waals surface area contributed by atoms with Gasteiger partial charge in [0.1, 0.15) is 17.4 Å². The summed E-state index contributed by atoms with van der Waals surface area (Å²) < 4.78 is 15.9. The van der Waals surface area contributed by atoms with Crippen molar-refractivity contribution in [3.8, 4) is 0 Å². The Labute approximate surface area is 173 Å². The number of ether oxygens (including phenoxy) is 2. The van der Waals surface area contributed by atoms with Crippen LogP contribution in [0.2, 0.25) is 0 Å². The lowest BCUT2D eigenvalue weighted by molar-refractivity contribution is 0.0600. The van der Waals surface area contributed by atoms with Gasteiger partial charge >= 0.3 is 5.97 Å². The van der Waals surface area contributed by atoms with E-state index in [4.69, 9.17) is 13.9 Å². The topological polar surface area (TPSA) is 107 Å². The van der Waals surface area contributed by atoms with E-state index in [1.807, 2.05) is 0 Å². The number of aryl methyl sites for hydroxylation is 2. The summed E-state index contributed by atoms with van der Waals surface area (Å²) in [6, 6.07) is 6.47. The smallest absolute Gasteiger partial charge is 0.337 e. The molecule has 1 amide bonds. The molecule has 0 radical (unpaired) electrons. The number of hydrogen-bond donors (Lipinski definition) is 1. The van der Waals surface area contributed by atoms with Crippen molar-refractivity contribution in [2.75, 3.05) is 43.6 Å². The number of furan rings is 1. The number of carbonyl (C=O) groups is 2. The van der Waals surface area contributed by atoms with Crippen molar-refractivity contribution in [3.05, 3.63) is 47.0 Å². The van der Waals surface area contributed by atoms with Gasteiger partial charge in [-0.3, -0.25) is 4.79 Å². The van der Waals surface area contributed by atoms with Crippen LogP contribution in [-0.4, -0.2) is 55.3 Å². The molecular formula is C21H22N4O5. The quantitative estimate of drug-likeness (QED) is 0.655. The van der Waals surface area contributed by atoms with Gasteiger partial charge in [0, 0.05) is 18.8 Å². The van der Waals surface area contributed by atoms with E-state index in [1.165, 1.54) is 7.11 Å². The molecule has 1 aromatic carbocycles. The first-order valence-corrected chi connectivity index (χ1v) is 9.58. The van der Waals surface area contributed by atoms with Gasteiger partial charge in [0.25, 0.3) is 5.91 Å². The lowest BCUT2D eigenvalue weighted by Crippen LogP contribution is -2.37. The van der Waals surface area contributed by atoms with Crippen molar-refractivity contribution in [2.24, 2.45) is 0 Å². The van der Waals surface area contributed by atoms with Gasteiger partial charge < -0.3 is 24.1 Å². The zero-order valence-electron chi connectivity index (χ0n) is 17.0. The summed E-state index contributed by atoms with van der Waals surface area (Å²) in [4.78, 5) is 35.8. The summed E-state index contributed by atoms with van der Waals surface area (Å²) >= 11 is 0. The minimum absolute atomic E-state index is 0.334. The molecule has 9 nitrogen and oxygen atoms in total. The second-order valence-corrected chi connectivity index (χ2v) is 6.93. The Kier molecular flexibility index (Phi) is 5.37. The fourth-order valence-electron chi connectivity index (χ4n) is 3.48. The maximum atomic E-state index is 13.1. The van der Waals surface area contributed by atoms with E-state index >= 15 is 0 Å². The van der Waals surface area contributed by atoms with Gasteiger partial charge in [-0.1, -0.05) is 0 Å². The Balaban J connectivity index is 1.70. The molecule has 156 valence electrons. The highest BCUT2D eigenvalue weighted by atomic mass is 16.5. The maximum absolute atomic E-state index is 13.1. The highest BCUT2D eigenvalue weighted by Crippen LogP contribution is 2.33. The molecule has 0 atom stereocenters. The van der Waals surface area contributed by atoms with E-state index in [1.54, 1.807) is 38.1 Å². The van der Waals surface area contributed by atoms with Crippen molar-refractivity contribution in [3.63, 3.8) is 0 Å². The lowest BCUT2D eigenvalue weighted by atomic mass is 10.1. The van der Waals surface area contributed by atoms with Crippen LogP contribution in [0.25, 0.3) is 11.1 Å². The predicted octanol–water partition coefficient (Wildman–Crippen LogP) is 2.72. The third-order valence-electron chi connectivity index (χ3n) is 4.92. The molecule has 1 aliphatic rings. The first kappa shape index (κ1) is 19.8. The summed E-state index contributed by atoms with van der Waals surface area (Å²) in [7, 11) is 1.32. The van der Waals surface area contributed by atoms with Crippen LogP contribution in [0.1, 0.15) is 32.3 Å². The molecule has 0 saturated carbocycles. The molecule has 0 spiro atoms. The molecule has 30 heavy (non-hydrogen) atoms. The van der Waals surface area contributed by atoms with E-state index in [9.17, 15) is 9.59 Å². The highest BCUT2D eigenvalue weighted by molar-refractivity contribution is 6.15. The Morgan fingerprint density at radius 1 is 1.10 bits per heavy atom. The molecule has 4 rings (SSSR count). The molecule has 2 aromatic heterocycles. The number of methoxy groups -OCH3 is 1. The summed E-state index contributed by atoms with van der Waals surface area (Å²) in [5.41, 5.74) is 1.72. The number of esters is 1. The number of rotatable bonds is 4. The van der Waals surface area contributed by atoms with Gasteiger partial charge in [-0.25, -0.2) is 9.78 Å². The van der Waals surface area contributed by atoms with Gasteiger partial charge in [0.15, 0.2) is 0 Å². The lowest BCUT2D eigenvalue weighted by Gasteiger charge is -2.28. The van der Waals surface area contributed by atoms with E-state index in [0.29, 0.717) is 71.6 Å². The number of aromatic nitrogens is 2. The number of nitrogens with one attached hydrogen (secondary N) is 1. The van der Waals surface area contributed by atoms with E-state index in [2.05, 4.69) is 20.2 Å². The summed E-state index contributed by atoms with van der Waals surface area (Å²) in [5.74, 6) is 0.932. The molecule has 0 bridgehead atoms. The molecule has 3 aromatic rings. The molecule has 3 heterocycles. The Morgan fingerprint density at radius 2 is 1.80 bits per heavy atom. The van der Waals surface area contributed by atoms with Crippen molar-refractivity contribution in [1.29, 1.82) is 0 Å². The number of benzene rings is 1. The minimum atomic E-state index is -0.438. The Hall–Kier alpha value is -3.46. The van der Waals surface area contributed by atoms with E-state index < -0.39 is 5.97 Å². The van der Waals surface area contributed by atoms with Gasteiger partial charge in [-0.2, -0.15) is 4.98 Å². The SMILES string of the molecule is COC(=O)c1ccc(NC(=O)c2c(C)oc3nc(C)nc(N4CCOCC4)c23)cc1. The van der Waals surface area contributed by atoms with Crippen molar-refractivity contribution < 1.29 is 23.5 Å². The number of fused-ring (bicyclic) bond motifs is 1. The van der Waals surface area contributed by atoms with Crippen LogP contribution in [0.5, 0.6) is 0 Å². The number of anilines is 2. The van der Waals surface area contributed by atoms with Crippen molar-refractivity contribution in [1.82, 2.24) is 9.97 Å². The monoisotopic (exact) mass is 410 g/mol. The number of hydrogen-bond acceptors (Lipinski definition) is 8. The second-order valence-electron chi connectivity index (χ2n) is 6.93.